The molecular weight excluding hydrogens is 288 g/mol. The van der Waals surface area contributed by atoms with Crippen LogP contribution in [0.1, 0.15) is 43.6 Å². The van der Waals surface area contributed by atoms with E-state index in [0.29, 0.717) is 6.61 Å². The lowest BCUT2D eigenvalue weighted by molar-refractivity contribution is -0.117. The number of aliphatic hydroxyl groups is 1. The molecule has 2 nitrogen and oxygen atoms in total. The van der Waals surface area contributed by atoms with Gasteiger partial charge in [0.05, 0.1) is 10.5 Å². The Kier molecular flexibility index (Phi) is 4.06. The maximum atomic E-state index is 10.5. The first kappa shape index (κ1) is 12.6. The van der Waals surface area contributed by atoms with Gasteiger partial charge in [-0.1, -0.05) is 12.8 Å². The first-order chi connectivity index (χ1) is 7.69. The summed E-state index contributed by atoms with van der Waals surface area (Å²) in [6.45, 7) is 2.66. The molecule has 0 radical (unpaired) electrons. The molecular formula is C12H17BrO2S. The number of rotatable bonds is 4. The van der Waals surface area contributed by atoms with Gasteiger partial charge in [-0.15, -0.1) is 11.3 Å². The van der Waals surface area contributed by atoms with Gasteiger partial charge in [0.25, 0.3) is 0 Å². The van der Waals surface area contributed by atoms with Crippen molar-refractivity contribution in [2.45, 2.75) is 44.3 Å². The highest BCUT2D eigenvalue weighted by molar-refractivity contribution is 9.10. The highest BCUT2D eigenvalue weighted by Crippen LogP contribution is 2.45. The molecule has 1 heterocycles. The minimum Gasteiger partial charge on any atom is -0.384 e. The van der Waals surface area contributed by atoms with E-state index in [1.165, 1.54) is 0 Å². The second-order valence-electron chi connectivity index (χ2n) is 4.24. The van der Waals surface area contributed by atoms with Crippen molar-refractivity contribution < 1.29 is 9.84 Å². The smallest absolute Gasteiger partial charge is 0.118 e. The average Bonchev–Trinajstić information content (AvgIpc) is 2.87. The SMILES string of the molecule is CCOC1(C(O)c2sccc2Br)CCCC1. The highest BCUT2D eigenvalue weighted by atomic mass is 79.9. The Morgan fingerprint density at radius 3 is 2.75 bits per heavy atom. The van der Waals surface area contributed by atoms with Crippen LogP contribution in [0.5, 0.6) is 0 Å². The van der Waals surface area contributed by atoms with E-state index in [4.69, 9.17) is 4.74 Å². The van der Waals surface area contributed by atoms with Crippen molar-refractivity contribution in [2.75, 3.05) is 6.61 Å². The molecule has 1 aliphatic carbocycles. The van der Waals surface area contributed by atoms with Crippen molar-refractivity contribution in [1.29, 1.82) is 0 Å². The molecule has 4 heteroatoms. The van der Waals surface area contributed by atoms with Crippen LogP contribution in [-0.2, 0) is 4.74 Å². The van der Waals surface area contributed by atoms with Gasteiger partial charge in [0, 0.05) is 11.1 Å². The van der Waals surface area contributed by atoms with Crippen molar-refractivity contribution >= 4 is 27.3 Å². The summed E-state index contributed by atoms with van der Waals surface area (Å²) < 4.78 is 6.86. The molecule has 1 aliphatic rings. The molecule has 0 saturated heterocycles. The molecule has 0 aromatic carbocycles. The van der Waals surface area contributed by atoms with Crippen LogP contribution in [0.4, 0.5) is 0 Å². The van der Waals surface area contributed by atoms with E-state index in [0.717, 1.165) is 35.0 Å². The van der Waals surface area contributed by atoms with Crippen molar-refractivity contribution in [1.82, 2.24) is 0 Å². The second-order valence-corrected chi connectivity index (χ2v) is 6.04. The largest absolute Gasteiger partial charge is 0.384 e. The van der Waals surface area contributed by atoms with Crippen molar-refractivity contribution in [2.24, 2.45) is 0 Å². The Balaban J connectivity index is 2.23. The molecule has 1 N–H and O–H groups in total. The maximum Gasteiger partial charge on any atom is 0.118 e. The van der Waals surface area contributed by atoms with E-state index in [-0.39, 0.29) is 5.60 Å². The van der Waals surface area contributed by atoms with Gasteiger partial charge in [0.2, 0.25) is 0 Å². The first-order valence-electron chi connectivity index (χ1n) is 5.74. The molecule has 1 saturated carbocycles. The van der Waals surface area contributed by atoms with Gasteiger partial charge in [-0.05, 0) is 47.1 Å². The summed E-state index contributed by atoms with van der Waals surface area (Å²) >= 11 is 5.08. The van der Waals surface area contributed by atoms with E-state index in [9.17, 15) is 5.11 Å². The molecule has 1 fully saturated rings. The van der Waals surface area contributed by atoms with Gasteiger partial charge in [-0.25, -0.2) is 0 Å². The van der Waals surface area contributed by atoms with Gasteiger partial charge in [0.15, 0.2) is 0 Å². The summed E-state index contributed by atoms with van der Waals surface area (Å²) in [7, 11) is 0. The lowest BCUT2D eigenvalue weighted by Gasteiger charge is -2.33. The Hall–Kier alpha value is 0.100. The van der Waals surface area contributed by atoms with Crippen LogP contribution in [-0.4, -0.2) is 17.3 Å². The number of hydrogen-bond acceptors (Lipinski definition) is 3. The highest BCUT2D eigenvalue weighted by Gasteiger charge is 2.43. The van der Waals surface area contributed by atoms with Gasteiger partial charge in [-0.2, -0.15) is 0 Å². The molecule has 0 aliphatic heterocycles. The van der Waals surface area contributed by atoms with Crippen LogP contribution >= 0.6 is 27.3 Å². The standard InChI is InChI=1S/C12H17BrO2S/c1-2-15-12(6-3-4-7-12)11(14)10-9(13)5-8-16-10/h5,8,11,14H,2-4,6-7H2,1H3. The predicted molar refractivity (Wildman–Crippen MR) is 69.8 cm³/mol. The molecule has 2 rings (SSSR count). The summed E-state index contributed by atoms with van der Waals surface area (Å²) in [5.74, 6) is 0. The fraction of sp³-hybridized carbons (Fsp3) is 0.667. The van der Waals surface area contributed by atoms with E-state index < -0.39 is 6.10 Å². The fourth-order valence-electron chi connectivity index (χ4n) is 2.50. The van der Waals surface area contributed by atoms with Crippen LogP contribution in [0, 0.1) is 0 Å². The third-order valence-electron chi connectivity index (χ3n) is 3.27. The van der Waals surface area contributed by atoms with E-state index in [1.807, 2.05) is 18.4 Å². The minimum absolute atomic E-state index is 0.345. The topological polar surface area (TPSA) is 29.5 Å². The molecule has 0 spiro atoms. The van der Waals surface area contributed by atoms with Crippen LogP contribution in [0.3, 0.4) is 0 Å². The van der Waals surface area contributed by atoms with Gasteiger partial charge < -0.3 is 9.84 Å². The quantitative estimate of drug-likeness (QED) is 0.914. The minimum atomic E-state index is -0.496. The second kappa shape index (κ2) is 5.17. The zero-order chi connectivity index (χ0) is 11.6. The number of aliphatic hydroxyl groups excluding tert-OH is 1. The third kappa shape index (κ3) is 2.21. The molecule has 0 amide bonds. The Morgan fingerprint density at radius 1 is 1.56 bits per heavy atom. The zero-order valence-corrected chi connectivity index (χ0v) is 11.8. The molecule has 0 bridgehead atoms. The summed E-state index contributed by atoms with van der Waals surface area (Å²) in [6, 6.07) is 1.98. The lowest BCUT2D eigenvalue weighted by Crippen LogP contribution is -2.36. The Labute approximate surface area is 109 Å². The molecule has 16 heavy (non-hydrogen) atoms. The Bertz CT molecular complexity index is 345. The average molecular weight is 305 g/mol. The van der Waals surface area contributed by atoms with Gasteiger partial charge in [0.1, 0.15) is 6.10 Å². The molecule has 90 valence electrons. The molecule has 1 aromatic rings. The summed E-state index contributed by atoms with van der Waals surface area (Å²) in [5.41, 5.74) is -0.345. The number of hydrogen-bond donors (Lipinski definition) is 1. The van der Waals surface area contributed by atoms with E-state index in [1.54, 1.807) is 11.3 Å². The van der Waals surface area contributed by atoms with Crippen LogP contribution in [0.25, 0.3) is 0 Å². The number of thiophene rings is 1. The van der Waals surface area contributed by atoms with Crippen molar-refractivity contribution in [3.8, 4) is 0 Å². The maximum absolute atomic E-state index is 10.5. The normalized spacial score (nSPS) is 21.2. The first-order valence-corrected chi connectivity index (χ1v) is 7.42. The van der Waals surface area contributed by atoms with Gasteiger partial charge >= 0.3 is 0 Å². The van der Waals surface area contributed by atoms with Gasteiger partial charge in [-0.3, -0.25) is 0 Å². The Morgan fingerprint density at radius 2 is 2.25 bits per heavy atom. The summed E-state index contributed by atoms with van der Waals surface area (Å²) in [6.07, 6.45) is 3.74. The summed E-state index contributed by atoms with van der Waals surface area (Å²) in [4.78, 5) is 0.996. The molecule has 1 atom stereocenters. The van der Waals surface area contributed by atoms with Crippen LogP contribution in [0.15, 0.2) is 15.9 Å². The fourth-order valence-corrected chi connectivity index (χ4v) is 4.18. The molecule has 1 aromatic heterocycles. The number of halogens is 1. The van der Waals surface area contributed by atoms with Crippen molar-refractivity contribution in [3.05, 3.63) is 20.8 Å². The van der Waals surface area contributed by atoms with E-state index >= 15 is 0 Å². The third-order valence-corrected chi connectivity index (χ3v) is 5.20. The monoisotopic (exact) mass is 304 g/mol. The number of ether oxygens (including phenoxy) is 1. The predicted octanol–water partition coefficient (Wildman–Crippen LogP) is 3.89. The summed E-state index contributed by atoms with van der Waals surface area (Å²) in [5, 5.41) is 12.5. The lowest BCUT2D eigenvalue weighted by atomic mass is 9.93. The van der Waals surface area contributed by atoms with Crippen LogP contribution < -0.4 is 0 Å². The van der Waals surface area contributed by atoms with E-state index in [2.05, 4.69) is 15.9 Å². The molecule has 1 unspecified atom stereocenters. The van der Waals surface area contributed by atoms with Crippen molar-refractivity contribution in [3.63, 3.8) is 0 Å². The van der Waals surface area contributed by atoms with Crippen LogP contribution in [0.2, 0.25) is 0 Å². The zero-order valence-electron chi connectivity index (χ0n) is 9.41.